The zero-order chi connectivity index (χ0) is 7.28. The molecular weight excluding hydrogens is 182 g/mol. The summed E-state index contributed by atoms with van der Waals surface area (Å²) in [6.45, 7) is 4.59. The molecule has 1 atom stereocenters. The lowest BCUT2D eigenvalue weighted by Crippen LogP contribution is -2.30. The molecule has 54 valence electrons. The largest absolute Gasteiger partial charge is 0.355 e. The molecule has 0 fully saturated rings. The smallest absolute Gasteiger partial charge is 0.233 e. The molecule has 0 heterocycles. The zero-order valence-electron chi connectivity index (χ0n) is 5.78. The molecule has 0 radical (unpaired) electrons. The molecule has 2 nitrogen and oxygen atoms in total. The van der Waals surface area contributed by atoms with E-state index in [9.17, 15) is 4.79 Å². The van der Waals surface area contributed by atoms with Gasteiger partial charge in [-0.25, -0.2) is 0 Å². The maximum atomic E-state index is 10.8. The second-order valence-electron chi connectivity index (χ2n) is 1.77. The van der Waals surface area contributed by atoms with Gasteiger partial charge in [-0.05, 0) is 13.3 Å². The van der Waals surface area contributed by atoms with Crippen molar-refractivity contribution in [3.63, 3.8) is 0 Å². The summed E-state index contributed by atoms with van der Waals surface area (Å²) in [7, 11) is 0. The normalized spacial score (nSPS) is 12.8. The highest BCUT2D eigenvalue weighted by atomic mass is 79.9. The Morgan fingerprint density at radius 2 is 2.22 bits per heavy atom. The van der Waals surface area contributed by atoms with Crippen molar-refractivity contribution in [1.29, 1.82) is 0 Å². The quantitative estimate of drug-likeness (QED) is 0.674. The lowest BCUT2D eigenvalue weighted by atomic mass is 10.3. The standard InChI is InChI=1S/C6H12BrNO/c1-3-5(7)6(9)8-4-2/h5H,3-4H2,1-2H3,(H,8,9)/t5-/m1/s1. The number of amides is 1. The highest BCUT2D eigenvalue weighted by molar-refractivity contribution is 9.10. The summed E-state index contributed by atoms with van der Waals surface area (Å²) in [5, 5.41) is 2.71. The topological polar surface area (TPSA) is 29.1 Å². The molecule has 0 bridgehead atoms. The first kappa shape index (κ1) is 8.95. The Kier molecular flexibility index (Phi) is 4.77. The van der Waals surface area contributed by atoms with Crippen molar-refractivity contribution in [2.24, 2.45) is 0 Å². The molecule has 3 heteroatoms. The molecule has 0 saturated carbocycles. The summed E-state index contributed by atoms with van der Waals surface area (Å²) in [5.74, 6) is 0.0833. The van der Waals surface area contributed by atoms with Gasteiger partial charge in [-0.15, -0.1) is 0 Å². The first-order valence-electron chi connectivity index (χ1n) is 3.14. The Morgan fingerprint density at radius 3 is 2.56 bits per heavy atom. The van der Waals surface area contributed by atoms with E-state index in [2.05, 4.69) is 21.2 Å². The lowest BCUT2D eigenvalue weighted by Gasteiger charge is -2.04. The van der Waals surface area contributed by atoms with E-state index in [-0.39, 0.29) is 10.7 Å². The van der Waals surface area contributed by atoms with Crippen molar-refractivity contribution in [1.82, 2.24) is 5.32 Å². The molecule has 0 aliphatic carbocycles. The molecule has 1 N–H and O–H groups in total. The number of carbonyl (C=O) groups excluding carboxylic acids is 1. The second kappa shape index (κ2) is 4.79. The van der Waals surface area contributed by atoms with Crippen molar-refractivity contribution >= 4 is 21.8 Å². The average molecular weight is 194 g/mol. The van der Waals surface area contributed by atoms with Gasteiger partial charge < -0.3 is 5.32 Å². The number of nitrogens with one attached hydrogen (secondary N) is 1. The van der Waals surface area contributed by atoms with E-state index in [0.717, 1.165) is 6.42 Å². The molecule has 0 unspecified atom stereocenters. The average Bonchev–Trinajstić information content (AvgIpc) is 1.87. The number of hydrogen-bond donors (Lipinski definition) is 1. The third-order valence-electron chi connectivity index (χ3n) is 0.994. The highest BCUT2D eigenvalue weighted by Gasteiger charge is 2.09. The van der Waals surface area contributed by atoms with Gasteiger partial charge in [-0.1, -0.05) is 22.9 Å². The van der Waals surface area contributed by atoms with Crippen LogP contribution in [0.1, 0.15) is 20.3 Å². The van der Waals surface area contributed by atoms with E-state index in [1.54, 1.807) is 0 Å². The lowest BCUT2D eigenvalue weighted by molar-refractivity contribution is -0.120. The molecular formula is C6H12BrNO. The fourth-order valence-electron chi connectivity index (χ4n) is 0.470. The van der Waals surface area contributed by atoms with Crippen LogP contribution in [0.4, 0.5) is 0 Å². The fraction of sp³-hybridized carbons (Fsp3) is 0.833. The predicted molar refractivity (Wildman–Crippen MR) is 41.7 cm³/mol. The minimum absolute atomic E-state index is 0.0163. The van der Waals surface area contributed by atoms with Crippen LogP contribution in [0.3, 0.4) is 0 Å². The second-order valence-corrected chi connectivity index (χ2v) is 2.88. The van der Waals surface area contributed by atoms with Gasteiger partial charge in [0.05, 0.1) is 4.83 Å². The van der Waals surface area contributed by atoms with E-state index < -0.39 is 0 Å². The number of alkyl halides is 1. The van der Waals surface area contributed by atoms with Crippen LogP contribution in [-0.4, -0.2) is 17.3 Å². The first-order chi connectivity index (χ1) is 4.22. The van der Waals surface area contributed by atoms with Crippen LogP contribution in [0.5, 0.6) is 0 Å². The van der Waals surface area contributed by atoms with Gasteiger partial charge in [0.15, 0.2) is 0 Å². The third kappa shape index (κ3) is 3.51. The van der Waals surface area contributed by atoms with E-state index in [1.165, 1.54) is 0 Å². The fourth-order valence-corrected chi connectivity index (χ4v) is 0.632. The zero-order valence-corrected chi connectivity index (χ0v) is 7.36. The summed E-state index contributed by atoms with van der Waals surface area (Å²) in [6.07, 6.45) is 0.839. The van der Waals surface area contributed by atoms with Crippen LogP contribution >= 0.6 is 15.9 Å². The number of halogens is 1. The van der Waals surface area contributed by atoms with Crippen molar-refractivity contribution in [2.75, 3.05) is 6.54 Å². The Bertz CT molecular complexity index is 95.1. The first-order valence-corrected chi connectivity index (χ1v) is 4.05. The van der Waals surface area contributed by atoms with Crippen LogP contribution in [0.25, 0.3) is 0 Å². The van der Waals surface area contributed by atoms with Crippen LogP contribution in [0, 0.1) is 0 Å². The molecule has 0 spiro atoms. The van der Waals surface area contributed by atoms with Crippen LogP contribution < -0.4 is 5.32 Å². The maximum Gasteiger partial charge on any atom is 0.233 e. The summed E-state index contributed by atoms with van der Waals surface area (Å²) in [6, 6.07) is 0. The third-order valence-corrected chi connectivity index (χ3v) is 2.06. The van der Waals surface area contributed by atoms with E-state index in [1.807, 2.05) is 13.8 Å². The Hall–Kier alpha value is -0.0500. The summed E-state index contributed by atoms with van der Waals surface area (Å²) >= 11 is 3.23. The summed E-state index contributed by atoms with van der Waals surface area (Å²) in [5.41, 5.74) is 0. The number of hydrogen-bond acceptors (Lipinski definition) is 1. The molecule has 0 rings (SSSR count). The van der Waals surface area contributed by atoms with Gasteiger partial charge in [0.2, 0.25) is 5.91 Å². The monoisotopic (exact) mass is 193 g/mol. The van der Waals surface area contributed by atoms with Crippen molar-refractivity contribution in [2.45, 2.75) is 25.1 Å². The van der Waals surface area contributed by atoms with Crippen LogP contribution in [-0.2, 0) is 4.79 Å². The van der Waals surface area contributed by atoms with Gasteiger partial charge >= 0.3 is 0 Å². The van der Waals surface area contributed by atoms with Crippen LogP contribution in [0.2, 0.25) is 0 Å². The molecule has 0 aromatic carbocycles. The summed E-state index contributed by atoms with van der Waals surface area (Å²) in [4.78, 5) is 10.8. The molecule has 9 heavy (non-hydrogen) atoms. The molecule has 0 aromatic heterocycles. The summed E-state index contributed by atoms with van der Waals surface area (Å²) < 4.78 is 0. The van der Waals surface area contributed by atoms with Crippen molar-refractivity contribution < 1.29 is 4.79 Å². The Morgan fingerprint density at radius 1 is 1.67 bits per heavy atom. The van der Waals surface area contributed by atoms with E-state index >= 15 is 0 Å². The van der Waals surface area contributed by atoms with Gasteiger partial charge in [-0.2, -0.15) is 0 Å². The minimum Gasteiger partial charge on any atom is -0.355 e. The number of carbonyl (C=O) groups is 1. The molecule has 1 amide bonds. The Labute approximate surface area is 64.1 Å². The van der Waals surface area contributed by atoms with E-state index in [0.29, 0.717) is 6.54 Å². The van der Waals surface area contributed by atoms with Gasteiger partial charge in [-0.3, -0.25) is 4.79 Å². The Balaban J connectivity index is 3.46. The SMILES string of the molecule is CCNC(=O)[C@H](Br)CC. The van der Waals surface area contributed by atoms with Gasteiger partial charge in [0.1, 0.15) is 0 Å². The molecule has 0 aliphatic rings. The molecule has 0 aromatic rings. The van der Waals surface area contributed by atoms with E-state index in [4.69, 9.17) is 0 Å². The molecule has 0 aliphatic heterocycles. The highest BCUT2D eigenvalue weighted by Crippen LogP contribution is 2.02. The minimum atomic E-state index is -0.0163. The van der Waals surface area contributed by atoms with Crippen molar-refractivity contribution in [3.8, 4) is 0 Å². The molecule has 0 saturated heterocycles. The predicted octanol–water partition coefficient (Wildman–Crippen LogP) is 1.30. The van der Waals surface area contributed by atoms with Crippen molar-refractivity contribution in [3.05, 3.63) is 0 Å². The maximum absolute atomic E-state index is 10.8. The van der Waals surface area contributed by atoms with Gasteiger partial charge in [0.25, 0.3) is 0 Å². The number of rotatable bonds is 3. The van der Waals surface area contributed by atoms with Gasteiger partial charge in [0, 0.05) is 6.54 Å². The van der Waals surface area contributed by atoms with Crippen LogP contribution in [0.15, 0.2) is 0 Å².